The maximum absolute atomic E-state index is 13.5. The lowest BCUT2D eigenvalue weighted by atomic mass is 9.85. The van der Waals surface area contributed by atoms with Crippen molar-refractivity contribution >= 4 is 18.0 Å². The van der Waals surface area contributed by atoms with Crippen LogP contribution in [0.15, 0.2) is 78.9 Å². The molecule has 1 unspecified atom stereocenters. The Hall–Kier alpha value is -4.13. The van der Waals surface area contributed by atoms with Gasteiger partial charge in [-0.3, -0.25) is 9.59 Å². The van der Waals surface area contributed by atoms with Crippen LogP contribution < -0.4 is 5.32 Å². The summed E-state index contributed by atoms with van der Waals surface area (Å²) < 4.78 is 5.61. The first-order valence-electron chi connectivity index (χ1n) is 12.5. The minimum absolute atomic E-state index is 0.0317. The molecule has 0 bridgehead atoms. The van der Waals surface area contributed by atoms with Crippen LogP contribution in [0, 0.1) is 5.41 Å². The third-order valence-corrected chi connectivity index (χ3v) is 7.09. The van der Waals surface area contributed by atoms with Gasteiger partial charge in [-0.15, -0.1) is 0 Å². The maximum atomic E-state index is 13.5. The number of fused-ring (bicyclic) bond motifs is 3. The van der Waals surface area contributed by atoms with Crippen LogP contribution in [-0.2, 0) is 20.9 Å². The van der Waals surface area contributed by atoms with Crippen LogP contribution in [0.1, 0.15) is 42.9 Å². The number of carbonyl (C=O) groups excluding carboxylic acids is 2. The molecule has 7 nitrogen and oxygen atoms in total. The molecular weight excluding hydrogens is 468 g/mol. The summed E-state index contributed by atoms with van der Waals surface area (Å²) in [6, 6.07) is 25.5. The van der Waals surface area contributed by atoms with Crippen molar-refractivity contribution in [3.05, 3.63) is 95.6 Å². The number of nitrogens with one attached hydrogen (secondary N) is 1. The van der Waals surface area contributed by atoms with Crippen LogP contribution in [-0.4, -0.2) is 47.7 Å². The highest BCUT2D eigenvalue weighted by Crippen LogP contribution is 2.44. The van der Waals surface area contributed by atoms with Crippen molar-refractivity contribution < 1.29 is 24.2 Å². The van der Waals surface area contributed by atoms with Gasteiger partial charge in [0, 0.05) is 19.0 Å². The van der Waals surface area contributed by atoms with E-state index in [1.165, 1.54) is 4.90 Å². The smallest absolute Gasteiger partial charge is 0.407 e. The second-order valence-electron chi connectivity index (χ2n) is 9.63. The lowest BCUT2D eigenvalue weighted by Crippen LogP contribution is -2.49. The van der Waals surface area contributed by atoms with Crippen LogP contribution in [0.3, 0.4) is 0 Å². The van der Waals surface area contributed by atoms with Crippen LogP contribution in [0.25, 0.3) is 11.1 Å². The van der Waals surface area contributed by atoms with E-state index in [0.29, 0.717) is 6.42 Å². The van der Waals surface area contributed by atoms with E-state index in [2.05, 4.69) is 29.6 Å². The molecule has 2 N–H and O–H groups in total. The molecule has 0 aromatic heterocycles. The Morgan fingerprint density at radius 2 is 1.49 bits per heavy atom. The van der Waals surface area contributed by atoms with Gasteiger partial charge in [-0.05, 0) is 41.2 Å². The molecular formula is C30H32N2O5. The Bertz CT molecular complexity index is 1230. The molecule has 3 aromatic rings. The minimum atomic E-state index is -1.09. The number of aliphatic carboxylic acids is 1. The van der Waals surface area contributed by atoms with E-state index in [1.807, 2.05) is 61.5 Å². The highest BCUT2D eigenvalue weighted by molar-refractivity contribution is 5.86. The summed E-state index contributed by atoms with van der Waals surface area (Å²) >= 11 is 0. The predicted molar refractivity (Wildman–Crippen MR) is 141 cm³/mol. The summed E-state index contributed by atoms with van der Waals surface area (Å²) in [5, 5.41) is 12.1. The zero-order chi connectivity index (χ0) is 26.4. The number of carboxylic acids is 1. The third kappa shape index (κ3) is 5.82. The highest BCUT2D eigenvalue weighted by Gasteiger charge is 2.37. The average Bonchev–Trinajstić information content (AvgIpc) is 3.23. The lowest BCUT2D eigenvalue weighted by Gasteiger charge is -2.33. The number of rotatable bonds is 10. The molecule has 0 saturated heterocycles. The average molecular weight is 501 g/mol. The monoisotopic (exact) mass is 500 g/mol. The molecule has 2 amide bonds. The first-order chi connectivity index (χ1) is 17.8. The zero-order valence-corrected chi connectivity index (χ0v) is 21.1. The fourth-order valence-corrected chi connectivity index (χ4v) is 4.82. The summed E-state index contributed by atoms with van der Waals surface area (Å²) in [6.07, 6.45) is -0.192. The fourth-order valence-electron chi connectivity index (χ4n) is 4.82. The number of carboxylic acid groups (broad SMARTS) is 1. The Morgan fingerprint density at radius 3 is 2.05 bits per heavy atom. The summed E-state index contributed by atoms with van der Waals surface area (Å²) in [7, 11) is 0. The standard InChI is InChI=1S/C30H32N2O5/c1-3-30(2,28(35)32(18-27(33)34)17-21-11-5-4-6-12-21)20-31-29(36)37-19-26-24-15-9-7-13-22(24)23-14-8-10-16-25(23)26/h4-16,26H,3,17-20H2,1-2H3,(H,31,36)(H,33,34). The molecule has 0 spiro atoms. The van der Waals surface area contributed by atoms with Gasteiger partial charge < -0.3 is 20.1 Å². The predicted octanol–water partition coefficient (Wildman–Crippen LogP) is 5.05. The highest BCUT2D eigenvalue weighted by atomic mass is 16.5. The van der Waals surface area contributed by atoms with E-state index in [9.17, 15) is 19.5 Å². The largest absolute Gasteiger partial charge is 0.480 e. The van der Waals surface area contributed by atoms with E-state index < -0.39 is 24.0 Å². The molecule has 0 radical (unpaired) electrons. The van der Waals surface area contributed by atoms with E-state index >= 15 is 0 Å². The van der Waals surface area contributed by atoms with Crippen LogP contribution in [0.2, 0.25) is 0 Å². The molecule has 1 aliphatic carbocycles. The van der Waals surface area contributed by atoms with Gasteiger partial charge in [0.15, 0.2) is 0 Å². The van der Waals surface area contributed by atoms with E-state index in [-0.39, 0.29) is 31.5 Å². The van der Waals surface area contributed by atoms with Crippen LogP contribution in [0.4, 0.5) is 4.79 Å². The molecule has 7 heteroatoms. The molecule has 0 aliphatic heterocycles. The van der Waals surface area contributed by atoms with Crippen molar-refractivity contribution in [2.45, 2.75) is 32.7 Å². The minimum Gasteiger partial charge on any atom is -0.480 e. The number of benzene rings is 3. The quantitative estimate of drug-likeness (QED) is 0.406. The Kier molecular flexibility index (Phi) is 7.92. The molecule has 4 rings (SSSR count). The van der Waals surface area contributed by atoms with Crippen molar-refractivity contribution in [3.8, 4) is 11.1 Å². The molecule has 0 saturated carbocycles. The van der Waals surface area contributed by atoms with Gasteiger partial charge in [0.1, 0.15) is 13.2 Å². The first-order valence-corrected chi connectivity index (χ1v) is 12.5. The van der Waals surface area contributed by atoms with Crippen molar-refractivity contribution in [3.63, 3.8) is 0 Å². The van der Waals surface area contributed by atoms with Crippen molar-refractivity contribution in [2.75, 3.05) is 19.7 Å². The molecule has 0 fully saturated rings. The Labute approximate surface area is 217 Å². The number of hydrogen-bond donors (Lipinski definition) is 2. The molecule has 37 heavy (non-hydrogen) atoms. The molecule has 1 aliphatic rings. The van der Waals surface area contributed by atoms with Crippen LogP contribution >= 0.6 is 0 Å². The number of nitrogens with zero attached hydrogens (tertiary/aromatic N) is 1. The topological polar surface area (TPSA) is 95.9 Å². The van der Waals surface area contributed by atoms with Gasteiger partial charge >= 0.3 is 12.1 Å². The maximum Gasteiger partial charge on any atom is 0.407 e. The number of ether oxygens (including phenoxy) is 1. The third-order valence-electron chi connectivity index (χ3n) is 7.09. The summed E-state index contributed by atoms with van der Waals surface area (Å²) in [6.45, 7) is 3.54. The van der Waals surface area contributed by atoms with Gasteiger partial charge in [-0.1, -0.05) is 85.8 Å². The normalized spacial score (nSPS) is 13.7. The SMILES string of the molecule is CCC(C)(CNC(=O)OCC1c2ccccc2-c2ccccc21)C(=O)N(CC(=O)O)Cc1ccccc1. The fraction of sp³-hybridized carbons (Fsp3) is 0.300. The second-order valence-corrected chi connectivity index (χ2v) is 9.63. The number of amides is 2. The second kappa shape index (κ2) is 11.3. The van der Waals surface area contributed by atoms with Gasteiger partial charge in [-0.25, -0.2) is 4.79 Å². The van der Waals surface area contributed by atoms with E-state index in [1.54, 1.807) is 6.92 Å². The molecule has 1 atom stereocenters. The van der Waals surface area contributed by atoms with Crippen molar-refractivity contribution in [2.24, 2.45) is 5.41 Å². The summed E-state index contributed by atoms with van der Waals surface area (Å²) in [5.74, 6) is -1.48. The van der Waals surface area contributed by atoms with E-state index in [4.69, 9.17) is 4.74 Å². The Balaban J connectivity index is 1.40. The van der Waals surface area contributed by atoms with Crippen LogP contribution in [0.5, 0.6) is 0 Å². The van der Waals surface area contributed by atoms with Gasteiger partial charge in [0.25, 0.3) is 0 Å². The number of alkyl carbamates (subject to hydrolysis) is 1. The van der Waals surface area contributed by atoms with Gasteiger partial charge in [0.05, 0.1) is 5.41 Å². The number of hydrogen-bond acceptors (Lipinski definition) is 4. The molecule has 192 valence electrons. The molecule has 3 aromatic carbocycles. The van der Waals surface area contributed by atoms with Crippen molar-refractivity contribution in [1.29, 1.82) is 0 Å². The Morgan fingerprint density at radius 1 is 0.919 bits per heavy atom. The zero-order valence-electron chi connectivity index (χ0n) is 21.1. The van der Waals surface area contributed by atoms with E-state index in [0.717, 1.165) is 27.8 Å². The lowest BCUT2D eigenvalue weighted by molar-refractivity contribution is -0.150. The summed E-state index contributed by atoms with van der Waals surface area (Å²) in [4.78, 5) is 39.0. The number of carbonyl (C=O) groups is 3. The first kappa shape index (κ1) is 25.9. The molecule has 0 heterocycles. The van der Waals surface area contributed by atoms with Gasteiger partial charge in [0.2, 0.25) is 5.91 Å². The summed E-state index contributed by atoms with van der Waals surface area (Å²) in [5.41, 5.74) is 4.38. The van der Waals surface area contributed by atoms with Crippen molar-refractivity contribution in [1.82, 2.24) is 10.2 Å². The van der Waals surface area contributed by atoms with Gasteiger partial charge in [-0.2, -0.15) is 0 Å².